The summed E-state index contributed by atoms with van der Waals surface area (Å²) >= 11 is 0. The SMILES string of the molecule is CCCNCCOc1ccc(S(=O)(=O)NCC2CC2)cc1. The first-order chi connectivity index (χ1) is 10.1. The van der Waals surface area contributed by atoms with Crippen LogP contribution in [0.2, 0.25) is 0 Å². The molecule has 0 unspecified atom stereocenters. The number of rotatable bonds is 10. The Kier molecular flexibility index (Phi) is 6.02. The molecule has 0 aromatic heterocycles. The number of hydrogen-bond donors (Lipinski definition) is 2. The van der Waals surface area contributed by atoms with E-state index in [0.717, 1.165) is 32.4 Å². The highest BCUT2D eigenvalue weighted by Gasteiger charge is 2.24. The zero-order valence-corrected chi connectivity index (χ0v) is 13.3. The van der Waals surface area contributed by atoms with E-state index in [0.29, 0.717) is 29.7 Å². The van der Waals surface area contributed by atoms with Gasteiger partial charge in [-0.1, -0.05) is 6.92 Å². The normalized spacial score (nSPS) is 15.1. The summed E-state index contributed by atoms with van der Waals surface area (Å²) in [5, 5.41) is 3.24. The number of hydrogen-bond acceptors (Lipinski definition) is 4. The molecule has 5 nitrogen and oxygen atoms in total. The molecule has 1 aromatic carbocycles. The summed E-state index contributed by atoms with van der Waals surface area (Å²) in [6.07, 6.45) is 3.35. The predicted octanol–water partition coefficient (Wildman–Crippen LogP) is 1.75. The van der Waals surface area contributed by atoms with Gasteiger partial charge in [0.15, 0.2) is 0 Å². The Morgan fingerprint density at radius 2 is 1.90 bits per heavy atom. The molecule has 1 aliphatic carbocycles. The highest BCUT2D eigenvalue weighted by atomic mass is 32.2. The average Bonchev–Trinajstić information content (AvgIpc) is 3.30. The van der Waals surface area contributed by atoms with Crippen molar-refractivity contribution in [3.8, 4) is 5.75 Å². The first-order valence-corrected chi connectivity index (χ1v) is 9.03. The summed E-state index contributed by atoms with van der Waals surface area (Å²) in [5.74, 6) is 1.22. The van der Waals surface area contributed by atoms with Crippen molar-refractivity contribution >= 4 is 10.0 Å². The summed E-state index contributed by atoms with van der Waals surface area (Å²) in [5.41, 5.74) is 0. The molecular weight excluding hydrogens is 288 g/mol. The number of nitrogens with one attached hydrogen (secondary N) is 2. The van der Waals surface area contributed by atoms with Gasteiger partial charge in [0.1, 0.15) is 12.4 Å². The van der Waals surface area contributed by atoms with Gasteiger partial charge in [-0.05, 0) is 56.0 Å². The molecule has 1 fully saturated rings. The molecule has 21 heavy (non-hydrogen) atoms. The van der Waals surface area contributed by atoms with Crippen LogP contribution < -0.4 is 14.8 Å². The number of sulfonamides is 1. The van der Waals surface area contributed by atoms with Crippen molar-refractivity contribution in [3.63, 3.8) is 0 Å². The van der Waals surface area contributed by atoms with E-state index < -0.39 is 10.0 Å². The van der Waals surface area contributed by atoms with E-state index in [1.165, 1.54) is 0 Å². The lowest BCUT2D eigenvalue weighted by Gasteiger charge is -2.09. The van der Waals surface area contributed by atoms with Gasteiger partial charge in [-0.2, -0.15) is 0 Å². The topological polar surface area (TPSA) is 67.4 Å². The van der Waals surface area contributed by atoms with Gasteiger partial charge in [0.05, 0.1) is 4.90 Å². The van der Waals surface area contributed by atoms with Crippen molar-refractivity contribution in [2.45, 2.75) is 31.1 Å². The molecular formula is C15H24N2O3S. The molecule has 1 saturated carbocycles. The van der Waals surface area contributed by atoms with Crippen molar-refractivity contribution in [3.05, 3.63) is 24.3 Å². The maximum Gasteiger partial charge on any atom is 0.240 e. The van der Waals surface area contributed by atoms with Crippen LogP contribution in [0, 0.1) is 5.92 Å². The molecule has 6 heteroatoms. The van der Waals surface area contributed by atoms with Crippen molar-refractivity contribution < 1.29 is 13.2 Å². The quantitative estimate of drug-likeness (QED) is 0.646. The van der Waals surface area contributed by atoms with Crippen LogP contribution in [-0.2, 0) is 10.0 Å². The van der Waals surface area contributed by atoms with Crippen LogP contribution in [0.5, 0.6) is 5.75 Å². The fourth-order valence-electron chi connectivity index (χ4n) is 1.89. The van der Waals surface area contributed by atoms with E-state index >= 15 is 0 Å². The Balaban J connectivity index is 1.80. The van der Waals surface area contributed by atoms with Crippen LogP contribution in [-0.4, -0.2) is 34.7 Å². The highest BCUT2D eigenvalue weighted by molar-refractivity contribution is 7.89. The fourth-order valence-corrected chi connectivity index (χ4v) is 3.01. The molecule has 0 heterocycles. The maximum atomic E-state index is 12.0. The van der Waals surface area contributed by atoms with Gasteiger partial charge in [0.25, 0.3) is 0 Å². The minimum Gasteiger partial charge on any atom is -0.492 e. The Labute approximate surface area is 127 Å². The van der Waals surface area contributed by atoms with Gasteiger partial charge in [-0.15, -0.1) is 0 Å². The Hall–Kier alpha value is -1.11. The summed E-state index contributed by atoms with van der Waals surface area (Å²) in [7, 11) is -3.38. The van der Waals surface area contributed by atoms with E-state index in [1.807, 2.05) is 0 Å². The van der Waals surface area contributed by atoms with E-state index in [9.17, 15) is 8.42 Å². The van der Waals surface area contributed by atoms with Crippen LogP contribution in [0.1, 0.15) is 26.2 Å². The molecule has 1 aromatic rings. The average molecular weight is 312 g/mol. The fraction of sp³-hybridized carbons (Fsp3) is 0.600. The van der Waals surface area contributed by atoms with Crippen molar-refractivity contribution in [2.75, 3.05) is 26.2 Å². The first kappa shape index (κ1) is 16.3. The molecule has 118 valence electrons. The van der Waals surface area contributed by atoms with Gasteiger partial charge >= 0.3 is 0 Å². The van der Waals surface area contributed by atoms with Gasteiger partial charge in [0, 0.05) is 13.1 Å². The third-order valence-corrected chi connectivity index (χ3v) is 4.81. The monoisotopic (exact) mass is 312 g/mol. The summed E-state index contributed by atoms with van der Waals surface area (Å²) < 4.78 is 32.3. The first-order valence-electron chi connectivity index (χ1n) is 7.55. The second kappa shape index (κ2) is 7.77. The molecule has 0 aliphatic heterocycles. The van der Waals surface area contributed by atoms with Gasteiger partial charge in [-0.3, -0.25) is 0 Å². The van der Waals surface area contributed by atoms with E-state index in [-0.39, 0.29) is 0 Å². The molecule has 0 radical (unpaired) electrons. The second-order valence-corrected chi connectivity index (χ2v) is 7.13. The number of ether oxygens (including phenoxy) is 1. The lowest BCUT2D eigenvalue weighted by Crippen LogP contribution is -2.25. The molecule has 2 rings (SSSR count). The Morgan fingerprint density at radius 1 is 1.19 bits per heavy atom. The molecule has 0 amide bonds. The van der Waals surface area contributed by atoms with Gasteiger partial charge in [0.2, 0.25) is 10.0 Å². The second-order valence-electron chi connectivity index (χ2n) is 5.37. The molecule has 0 spiro atoms. The van der Waals surface area contributed by atoms with Crippen molar-refractivity contribution in [2.24, 2.45) is 5.92 Å². The molecule has 1 aliphatic rings. The predicted molar refractivity (Wildman–Crippen MR) is 83.0 cm³/mol. The van der Waals surface area contributed by atoms with Crippen LogP contribution in [0.4, 0.5) is 0 Å². The van der Waals surface area contributed by atoms with Crippen molar-refractivity contribution in [1.82, 2.24) is 10.0 Å². The van der Waals surface area contributed by atoms with Gasteiger partial charge < -0.3 is 10.1 Å². The summed E-state index contributed by atoms with van der Waals surface area (Å²) in [6, 6.07) is 6.57. The Bertz CT molecular complexity index is 524. The highest BCUT2D eigenvalue weighted by Crippen LogP contribution is 2.28. The lowest BCUT2D eigenvalue weighted by atomic mass is 10.3. The zero-order chi connectivity index (χ0) is 15.1. The van der Waals surface area contributed by atoms with Crippen LogP contribution >= 0.6 is 0 Å². The van der Waals surface area contributed by atoms with E-state index in [2.05, 4.69) is 17.0 Å². The Morgan fingerprint density at radius 3 is 2.52 bits per heavy atom. The minimum atomic E-state index is -3.38. The minimum absolute atomic E-state index is 0.291. The molecule has 0 bridgehead atoms. The van der Waals surface area contributed by atoms with Crippen molar-refractivity contribution in [1.29, 1.82) is 0 Å². The third-order valence-electron chi connectivity index (χ3n) is 3.37. The van der Waals surface area contributed by atoms with Crippen LogP contribution in [0.15, 0.2) is 29.2 Å². The van der Waals surface area contributed by atoms with Crippen LogP contribution in [0.25, 0.3) is 0 Å². The number of benzene rings is 1. The smallest absolute Gasteiger partial charge is 0.240 e. The van der Waals surface area contributed by atoms with Crippen LogP contribution in [0.3, 0.4) is 0 Å². The molecule has 0 atom stereocenters. The summed E-state index contributed by atoms with van der Waals surface area (Å²) in [6.45, 7) is 5.00. The van der Waals surface area contributed by atoms with E-state index in [1.54, 1.807) is 24.3 Å². The standard InChI is InChI=1S/C15H24N2O3S/c1-2-9-16-10-11-20-14-5-7-15(8-6-14)21(18,19)17-12-13-3-4-13/h5-8,13,16-17H,2-4,9-12H2,1H3. The molecule has 0 saturated heterocycles. The zero-order valence-electron chi connectivity index (χ0n) is 12.5. The summed E-state index contributed by atoms with van der Waals surface area (Å²) in [4.78, 5) is 0.291. The lowest BCUT2D eigenvalue weighted by molar-refractivity contribution is 0.314. The largest absolute Gasteiger partial charge is 0.492 e. The van der Waals surface area contributed by atoms with E-state index in [4.69, 9.17) is 4.74 Å². The molecule has 2 N–H and O–H groups in total. The third kappa shape index (κ3) is 5.65. The van der Waals surface area contributed by atoms with Gasteiger partial charge in [-0.25, -0.2) is 13.1 Å². The maximum absolute atomic E-state index is 12.0.